The van der Waals surface area contributed by atoms with Gasteiger partial charge in [0.1, 0.15) is 17.6 Å². The predicted molar refractivity (Wildman–Crippen MR) is 94.0 cm³/mol. The van der Waals surface area contributed by atoms with Crippen LogP contribution in [0.4, 0.5) is 10.2 Å². The summed E-state index contributed by atoms with van der Waals surface area (Å²) >= 11 is 0. The summed E-state index contributed by atoms with van der Waals surface area (Å²) in [5.41, 5.74) is 1.37. The minimum Gasteiger partial charge on any atom is -0.494 e. The van der Waals surface area contributed by atoms with Crippen LogP contribution in [0.3, 0.4) is 0 Å². The second-order valence-corrected chi connectivity index (χ2v) is 6.23. The summed E-state index contributed by atoms with van der Waals surface area (Å²) in [5, 5.41) is 9.00. The van der Waals surface area contributed by atoms with E-state index in [1.807, 2.05) is 18.2 Å². The summed E-state index contributed by atoms with van der Waals surface area (Å²) in [6.45, 7) is 5.35. The van der Waals surface area contributed by atoms with Crippen molar-refractivity contribution < 1.29 is 9.13 Å². The van der Waals surface area contributed by atoms with Crippen LogP contribution in [-0.2, 0) is 6.54 Å². The molecule has 0 aliphatic carbocycles. The maximum absolute atomic E-state index is 13.9. The number of aromatic nitrogens is 1. The summed E-state index contributed by atoms with van der Waals surface area (Å²) in [5.74, 6) is 0.773. The summed E-state index contributed by atoms with van der Waals surface area (Å²) in [4.78, 5) is 8.89. The van der Waals surface area contributed by atoms with Crippen LogP contribution in [0.25, 0.3) is 0 Å². The normalized spacial score (nSPS) is 18.0. The Labute approximate surface area is 147 Å². The van der Waals surface area contributed by atoms with Crippen LogP contribution in [0.15, 0.2) is 36.4 Å². The Kier molecular flexibility index (Phi) is 5.15. The van der Waals surface area contributed by atoms with E-state index in [1.54, 1.807) is 12.1 Å². The fourth-order valence-corrected chi connectivity index (χ4v) is 3.14. The lowest BCUT2D eigenvalue weighted by atomic mass is 10.1. The molecule has 1 atom stereocenters. The first-order valence-corrected chi connectivity index (χ1v) is 8.29. The third-order valence-electron chi connectivity index (χ3n) is 4.54. The Bertz CT molecular complexity index is 789. The average Bonchev–Trinajstić information content (AvgIpc) is 2.63. The van der Waals surface area contributed by atoms with Crippen LogP contribution in [0.1, 0.15) is 18.2 Å². The number of hydrogen-bond donors (Lipinski definition) is 0. The highest BCUT2D eigenvalue weighted by Gasteiger charge is 2.24. The molecule has 1 saturated heterocycles. The Morgan fingerprint density at radius 1 is 1.32 bits per heavy atom. The van der Waals surface area contributed by atoms with Crippen molar-refractivity contribution in [3.8, 4) is 11.8 Å². The SMILES string of the molecule is COc1ccc(CN2CCN(c3cccc(C#N)n3)CC2C)cc1F. The monoisotopic (exact) mass is 340 g/mol. The van der Waals surface area contributed by atoms with Crippen molar-refractivity contribution >= 4 is 5.82 Å². The van der Waals surface area contributed by atoms with E-state index in [9.17, 15) is 4.39 Å². The van der Waals surface area contributed by atoms with Gasteiger partial charge in [-0.15, -0.1) is 0 Å². The van der Waals surface area contributed by atoms with E-state index < -0.39 is 0 Å². The second-order valence-electron chi connectivity index (χ2n) is 6.23. The molecule has 0 bridgehead atoms. The van der Waals surface area contributed by atoms with E-state index in [1.165, 1.54) is 13.2 Å². The summed E-state index contributed by atoms with van der Waals surface area (Å²) < 4.78 is 18.8. The molecule has 25 heavy (non-hydrogen) atoms. The number of piperazine rings is 1. The van der Waals surface area contributed by atoms with Crippen molar-refractivity contribution in [1.82, 2.24) is 9.88 Å². The summed E-state index contributed by atoms with van der Waals surface area (Å²) in [6, 6.07) is 13.0. The van der Waals surface area contributed by atoms with E-state index in [2.05, 4.69) is 27.8 Å². The number of ether oxygens (including phenoxy) is 1. The highest BCUT2D eigenvalue weighted by molar-refractivity contribution is 5.42. The molecule has 5 nitrogen and oxygen atoms in total. The van der Waals surface area contributed by atoms with E-state index >= 15 is 0 Å². The Morgan fingerprint density at radius 3 is 2.84 bits per heavy atom. The van der Waals surface area contributed by atoms with Gasteiger partial charge in [-0.25, -0.2) is 9.37 Å². The van der Waals surface area contributed by atoms with Gasteiger partial charge in [-0.05, 0) is 36.8 Å². The largest absolute Gasteiger partial charge is 0.494 e. The first kappa shape index (κ1) is 17.2. The molecule has 1 aliphatic rings. The summed E-state index contributed by atoms with van der Waals surface area (Å²) in [7, 11) is 1.47. The first-order chi connectivity index (χ1) is 12.1. The minimum atomic E-state index is -0.330. The van der Waals surface area contributed by atoms with Crippen LogP contribution >= 0.6 is 0 Å². The second kappa shape index (κ2) is 7.49. The van der Waals surface area contributed by atoms with Gasteiger partial charge in [-0.1, -0.05) is 12.1 Å². The smallest absolute Gasteiger partial charge is 0.165 e. The van der Waals surface area contributed by atoms with E-state index in [0.717, 1.165) is 31.0 Å². The van der Waals surface area contributed by atoms with Crippen molar-refractivity contribution in [2.24, 2.45) is 0 Å². The molecule has 130 valence electrons. The molecule has 6 heteroatoms. The van der Waals surface area contributed by atoms with E-state index in [4.69, 9.17) is 10.00 Å². The lowest BCUT2D eigenvalue weighted by molar-refractivity contribution is 0.180. The Hall–Kier alpha value is -2.65. The molecule has 1 aromatic heterocycles. The van der Waals surface area contributed by atoms with Gasteiger partial charge in [0.2, 0.25) is 0 Å². The van der Waals surface area contributed by atoms with E-state index in [-0.39, 0.29) is 11.6 Å². The highest BCUT2D eigenvalue weighted by Crippen LogP contribution is 2.22. The molecule has 0 saturated carbocycles. The van der Waals surface area contributed by atoms with Crippen molar-refractivity contribution in [1.29, 1.82) is 5.26 Å². The van der Waals surface area contributed by atoms with Gasteiger partial charge in [0.25, 0.3) is 0 Å². The molecule has 2 aromatic rings. The van der Waals surface area contributed by atoms with Gasteiger partial charge in [-0.3, -0.25) is 4.90 Å². The number of benzene rings is 1. The summed E-state index contributed by atoms with van der Waals surface area (Å²) in [6.07, 6.45) is 0. The zero-order valence-corrected chi connectivity index (χ0v) is 14.4. The number of rotatable bonds is 4. The van der Waals surface area contributed by atoms with Crippen LogP contribution in [-0.4, -0.2) is 42.7 Å². The van der Waals surface area contributed by atoms with Gasteiger partial charge in [-0.2, -0.15) is 5.26 Å². The quantitative estimate of drug-likeness (QED) is 0.857. The fraction of sp³-hybridized carbons (Fsp3) is 0.368. The molecule has 0 N–H and O–H groups in total. The predicted octanol–water partition coefficient (Wildman–Crippen LogP) is 2.81. The molecule has 2 heterocycles. The molecule has 0 amide bonds. The van der Waals surface area contributed by atoms with Crippen LogP contribution in [0.5, 0.6) is 5.75 Å². The lowest BCUT2D eigenvalue weighted by Gasteiger charge is -2.40. The molecule has 1 aromatic carbocycles. The molecule has 3 rings (SSSR count). The molecular formula is C19H21FN4O. The number of anilines is 1. The standard InChI is InChI=1S/C19H21FN4O/c1-14-12-24(19-5-3-4-16(11-21)22-19)9-8-23(14)13-15-6-7-18(25-2)17(20)10-15/h3-7,10,14H,8-9,12-13H2,1-2H3. The highest BCUT2D eigenvalue weighted by atomic mass is 19.1. The Balaban J connectivity index is 1.65. The first-order valence-electron chi connectivity index (χ1n) is 8.29. The number of hydrogen-bond acceptors (Lipinski definition) is 5. The number of halogens is 1. The van der Waals surface area contributed by atoms with Gasteiger partial charge in [0.15, 0.2) is 11.6 Å². The van der Waals surface area contributed by atoms with Gasteiger partial charge in [0, 0.05) is 32.2 Å². The third kappa shape index (κ3) is 3.89. The van der Waals surface area contributed by atoms with Crippen molar-refractivity contribution in [3.63, 3.8) is 0 Å². The fourth-order valence-electron chi connectivity index (χ4n) is 3.14. The molecular weight excluding hydrogens is 319 g/mol. The molecule has 1 fully saturated rings. The van der Waals surface area contributed by atoms with Gasteiger partial charge < -0.3 is 9.64 Å². The number of methoxy groups -OCH3 is 1. The number of pyridine rings is 1. The third-order valence-corrected chi connectivity index (χ3v) is 4.54. The van der Waals surface area contributed by atoms with Crippen molar-refractivity contribution in [3.05, 3.63) is 53.5 Å². The minimum absolute atomic E-state index is 0.269. The molecule has 1 aliphatic heterocycles. The zero-order valence-electron chi connectivity index (χ0n) is 14.4. The van der Waals surface area contributed by atoms with Crippen molar-refractivity contribution in [2.75, 3.05) is 31.6 Å². The van der Waals surface area contributed by atoms with Crippen molar-refractivity contribution in [2.45, 2.75) is 19.5 Å². The van der Waals surface area contributed by atoms with Gasteiger partial charge >= 0.3 is 0 Å². The average molecular weight is 340 g/mol. The maximum Gasteiger partial charge on any atom is 0.165 e. The number of nitriles is 1. The topological polar surface area (TPSA) is 52.4 Å². The van der Waals surface area contributed by atoms with Gasteiger partial charge in [0.05, 0.1) is 7.11 Å². The van der Waals surface area contributed by atoms with Crippen LogP contribution < -0.4 is 9.64 Å². The van der Waals surface area contributed by atoms with Crippen LogP contribution in [0.2, 0.25) is 0 Å². The lowest BCUT2D eigenvalue weighted by Crippen LogP contribution is -2.51. The number of nitrogens with zero attached hydrogens (tertiary/aromatic N) is 4. The maximum atomic E-state index is 13.9. The Morgan fingerprint density at radius 2 is 2.16 bits per heavy atom. The molecule has 0 spiro atoms. The van der Waals surface area contributed by atoms with Crippen LogP contribution in [0, 0.1) is 17.1 Å². The molecule has 0 radical (unpaired) electrons. The van der Waals surface area contributed by atoms with E-state index in [0.29, 0.717) is 18.3 Å². The zero-order chi connectivity index (χ0) is 17.8. The molecule has 1 unspecified atom stereocenters.